The highest BCUT2D eigenvalue weighted by Crippen LogP contribution is 1.87. The molecule has 0 aliphatic heterocycles. The quantitative estimate of drug-likeness (QED) is 0.469. The maximum absolute atomic E-state index is 11.8. The second-order valence-electron chi connectivity index (χ2n) is 1.82. The summed E-state index contributed by atoms with van der Waals surface area (Å²) >= 11 is 0. The minimum atomic E-state index is -1.00. The van der Waals surface area contributed by atoms with Crippen LogP contribution in [0.15, 0.2) is 0 Å². The Morgan fingerprint density at radius 3 is 1.71 bits per heavy atom. The summed E-state index contributed by atoms with van der Waals surface area (Å²) in [5.41, 5.74) is 0. The minimum Gasteiger partial charge on any atom is -0.229 e. The van der Waals surface area contributed by atoms with Crippen LogP contribution < -0.4 is 5.32 Å². The van der Waals surface area contributed by atoms with Crippen LogP contribution in [0.5, 0.6) is 0 Å². The van der Waals surface area contributed by atoms with Crippen molar-refractivity contribution >= 4 is 0 Å². The van der Waals surface area contributed by atoms with Crippen molar-refractivity contribution in [3.63, 3.8) is 0 Å². The molecule has 0 aromatic rings. The van der Waals surface area contributed by atoms with Crippen LogP contribution in [0.2, 0.25) is 0 Å². The third-order valence-corrected chi connectivity index (χ3v) is 0.504. The Morgan fingerprint density at radius 2 is 1.71 bits per heavy atom. The lowest BCUT2D eigenvalue weighted by atomic mass is 10.4. The van der Waals surface area contributed by atoms with E-state index in [1.54, 1.807) is 0 Å². The molecule has 1 atom stereocenters. The summed E-state index contributed by atoms with van der Waals surface area (Å²) < 4.78 is 11.8. The fourth-order valence-electron chi connectivity index (χ4n) is 0.411. The molecule has 0 aromatic carbocycles. The molecular weight excluding hydrogens is 93.1 g/mol. The molecule has 0 saturated carbocycles. The summed E-state index contributed by atoms with van der Waals surface area (Å²) in [5.74, 6) is 0. The Kier molecular flexibility index (Phi) is 2.92. The van der Waals surface area contributed by atoms with E-state index < -0.39 is 6.30 Å². The molecule has 0 rings (SSSR count). The first kappa shape index (κ1) is 6.89. The standard InChI is InChI=1S/C5H11FN/c1-4(2)7-5(3)6/h4-5H,1-3H3. The van der Waals surface area contributed by atoms with Gasteiger partial charge in [0.2, 0.25) is 0 Å². The van der Waals surface area contributed by atoms with Crippen LogP contribution in [0.3, 0.4) is 0 Å². The highest BCUT2D eigenvalue weighted by atomic mass is 19.1. The van der Waals surface area contributed by atoms with E-state index in [9.17, 15) is 4.39 Å². The molecule has 2 heteroatoms. The third kappa shape index (κ3) is 5.89. The van der Waals surface area contributed by atoms with Crippen molar-refractivity contribution in [3.8, 4) is 0 Å². The van der Waals surface area contributed by atoms with E-state index in [0.717, 1.165) is 0 Å². The highest BCUT2D eigenvalue weighted by Gasteiger charge is 1.98. The van der Waals surface area contributed by atoms with E-state index in [1.165, 1.54) is 6.92 Å². The van der Waals surface area contributed by atoms with E-state index in [4.69, 9.17) is 0 Å². The SMILES string of the molecule is CC(C)[N]C(C)F. The fraction of sp³-hybridized carbons (Fsp3) is 1.00. The van der Waals surface area contributed by atoms with Crippen LogP contribution in [-0.2, 0) is 0 Å². The van der Waals surface area contributed by atoms with Gasteiger partial charge in [-0.05, 0) is 20.8 Å². The number of alkyl halides is 1. The predicted molar refractivity (Wildman–Crippen MR) is 27.8 cm³/mol. The number of halogens is 1. The van der Waals surface area contributed by atoms with Crippen molar-refractivity contribution in [1.29, 1.82) is 0 Å². The Morgan fingerprint density at radius 1 is 1.29 bits per heavy atom. The summed E-state index contributed by atoms with van der Waals surface area (Å²) in [6.07, 6.45) is -1.00. The Hall–Kier alpha value is -0.110. The van der Waals surface area contributed by atoms with Crippen LogP contribution in [0.4, 0.5) is 4.39 Å². The summed E-state index contributed by atoms with van der Waals surface area (Å²) in [6, 6.07) is 0.125. The molecule has 1 nitrogen and oxygen atoms in total. The van der Waals surface area contributed by atoms with Gasteiger partial charge in [-0.25, -0.2) is 9.71 Å². The van der Waals surface area contributed by atoms with Crippen molar-refractivity contribution in [2.45, 2.75) is 33.1 Å². The zero-order valence-electron chi connectivity index (χ0n) is 4.98. The average Bonchev–Trinajstić information content (AvgIpc) is 1.27. The third-order valence-electron chi connectivity index (χ3n) is 0.504. The minimum absolute atomic E-state index is 0.125. The highest BCUT2D eigenvalue weighted by molar-refractivity contribution is 4.50. The van der Waals surface area contributed by atoms with Gasteiger partial charge in [0.05, 0.1) is 0 Å². The van der Waals surface area contributed by atoms with Gasteiger partial charge in [0, 0.05) is 6.04 Å². The van der Waals surface area contributed by atoms with Gasteiger partial charge in [0.15, 0.2) is 6.30 Å². The Balaban J connectivity index is 2.95. The van der Waals surface area contributed by atoms with E-state index in [-0.39, 0.29) is 6.04 Å². The molecule has 0 N–H and O–H groups in total. The molecule has 0 heterocycles. The van der Waals surface area contributed by atoms with Crippen LogP contribution in [-0.4, -0.2) is 12.3 Å². The maximum Gasteiger partial charge on any atom is 0.163 e. The van der Waals surface area contributed by atoms with Crippen molar-refractivity contribution in [1.82, 2.24) is 5.32 Å². The second kappa shape index (κ2) is 2.97. The van der Waals surface area contributed by atoms with E-state index in [2.05, 4.69) is 5.32 Å². The van der Waals surface area contributed by atoms with Crippen LogP contribution >= 0.6 is 0 Å². The Labute approximate surface area is 43.9 Å². The second-order valence-corrected chi connectivity index (χ2v) is 1.82. The maximum atomic E-state index is 11.8. The predicted octanol–water partition coefficient (Wildman–Crippen LogP) is 1.31. The van der Waals surface area contributed by atoms with Gasteiger partial charge in [-0.2, -0.15) is 0 Å². The van der Waals surface area contributed by atoms with Crippen LogP contribution in [0.1, 0.15) is 20.8 Å². The number of hydrogen-bond donors (Lipinski definition) is 0. The van der Waals surface area contributed by atoms with Crippen molar-refractivity contribution in [3.05, 3.63) is 0 Å². The summed E-state index contributed by atoms with van der Waals surface area (Å²) in [5, 5.41) is 3.61. The first-order valence-corrected chi connectivity index (χ1v) is 2.47. The molecule has 0 aliphatic rings. The molecule has 43 valence electrons. The van der Waals surface area contributed by atoms with Gasteiger partial charge in [-0.1, -0.05) is 0 Å². The van der Waals surface area contributed by atoms with Crippen LogP contribution in [0, 0.1) is 0 Å². The monoisotopic (exact) mass is 104 g/mol. The van der Waals surface area contributed by atoms with E-state index in [0.29, 0.717) is 0 Å². The summed E-state index contributed by atoms with van der Waals surface area (Å²) in [6.45, 7) is 5.14. The van der Waals surface area contributed by atoms with Crippen molar-refractivity contribution in [2.24, 2.45) is 0 Å². The van der Waals surface area contributed by atoms with Crippen LogP contribution in [0.25, 0.3) is 0 Å². The molecule has 0 bridgehead atoms. The van der Waals surface area contributed by atoms with Gasteiger partial charge in [0.1, 0.15) is 0 Å². The summed E-state index contributed by atoms with van der Waals surface area (Å²) in [7, 11) is 0. The Bertz CT molecular complexity index is 37.3. The number of hydrogen-bond acceptors (Lipinski definition) is 0. The largest absolute Gasteiger partial charge is 0.229 e. The van der Waals surface area contributed by atoms with E-state index in [1.807, 2.05) is 13.8 Å². The van der Waals surface area contributed by atoms with Gasteiger partial charge < -0.3 is 0 Å². The molecular formula is C5H11FN. The first-order chi connectivity index (χ1) is 3.13. The normalized spacial score (nSPS) is 15.0. The fourth-order valence-corrected chi connectivity index (χ4v) is 0.411. The lowest BCUT2D eigenvalue weighted by Gasteiger charge is -2.03. The molecule has 0 aliphatic carbocycles. The number of nitrogens with zero attached hydrogens (tertiary/aromatic N) is 1. The lowest BCUT2D eigenvalue weighted by molar-refractivity contribution is 0.272. The topological polar surface area (TPSA) is 14.1 Å². The van der Waals surface area contributed by atoms with Gasteiger partial charge in [-0.15, -0.1) is 0 Å². The van der Waals surface area contributed by atoms with E-state index >= 15 is 0 Å². The molecule has 0 spiro atoms. The summed E-state index contributed by atoms with van der Waals surface area (Å²) in [4.78, 5) is 0. The van der Waals surface area contributed by atoms with Gasteiger partial charge in [0.25, 0.3) is 0 Å². The smallest absolute Gasteiger partial charge is 0.163 e. The average molecular weight is 104 g/mol. The number of rotatable bonds is 2. The molecule has 0 amide bonds. The molecule has 7 heavy (non-hydrogen) atoms. The zero-order chi connectivity index (χ0) is 5.86. The van der Waals surface area contributed by atoms with Gasteiger partial charge >= 0.3 is 0 Å². The van der Waals surface area contributed by atoms with Gasteiger partial charge in [-0.3, -0.25) is 0 Å². The van der Waals surface area contributed by atoms with Crippen molar-refractivity contribution < 1.29 is 4.39 Å². The lowest BCUT2D eigenvalue weighted by Crippen LogP contribution is -2.20. The molecule has 0 aromatic heterocycles. The molecule has 1 unspecified atom stereocenters. The molecule has 0 saturated heterocycles. The zero-order valence-corrected chi connectivity index (χ0v) is 4.98. The first-order valence-electron chi connectivity index (χ1n) is 2.47. The molecule has 0 fully saturated rings. The molecule has 1 radical (unpaired) electrons. The van der Waals surface area contributed by atoms with Crippen molar-refractivity contribution in [2.75, 3.05) is 0 Å².